The molecule has 0 heterocycles. The number of amides is 2. The first-order valence-corrected chi connectivity index (χ1v) is 3.80. The largest absolute Gasteiger partial charge is 0.469 e. The number of thiol groups is 1. The van der Waals surface area contributed by atoms with Crippen LogP contribution in [0, 0.1) is 0 Å². The second-order valence-corrected chi connectivity index (χ2v) is 2.62. The maximum atomic E-state index is 10.6. The van der Waals surface area contributed by atoms with Gasteiger partial charge in [0.1, 0.15) is 0 Å². The van der Waals surface area contributed by atoms with Crippen LogP contribution in [0.15, 0.2) is 0 Å². The lowest BCUT2D eigenvalue weighted by molar-refractivity contribution is -0.140. The molecule has 0 atom stereocenters. The first kappa shape index (κ1) is 11.1. The predicted octanol–water partition coefficient (Wildman–Crippen LogP) is 0.165. The highest BCUT2D eigenvalue weighted by atomic mass is 32.1. The van der Waals surface area contributed by atoms with Crippen LogP contribution in [0.25, 0.3) is 0 Å². The van der Waals surface area contributed by atoms with E-state index in [2.05, 4.69) is 17.6 Å². The van der Waals surface area contributed by atoms with Gasteiger partial charge in [-0.2, -0.15) is 0 Å². The number of methoxy groups -OCH3 is 1. The van der Waals surface area contributed by atoms with E-state index in [1.54, 1.807) is 0 Å². The van der Waals surface area contributed by atoms with Crippen LogP contribution >= 0.6 is 12.8 Å². The molecule has 0 aliphatic heterocycles. The molecular formula is C6H12N2O3S. The highest BCUT2D eigenvalue weighted by Gasteiger charge is 2.05. The summed E-state index contributed by atoms with van der Waals surface area (Å²) >= 11 is 3.76. The Hall–Kier alpha value is -0.910. The molecule has 70 valence electrons. The van der Waals surface area contributed by atoms with Gasteiger partial charge in [0.2, 0.25) is 0 Å². The summed E-state index contributed by atoms with van der Waals surface area (Å²) in [5.74, 6) is -0.304. The molecule has 0 bridgehead atoms. The Balaban J connectivity index is 3.43. The third-order valence-electron chi connectivity index (χ3n) is 1.23. The minimum absolute atomic E-state index is 0.265. The number of hydrogen-bond acceptors (Lipinski definition) is 4. The smallest absolute Gasteiger partial charge is 0.324 e. The normalized spacial score (nSPS) is 9.17. The molecule has 0 fully saturated rings. The lowest BCUT2D eigenvalue weighted by Gasteiger charge is -2.10. The summed E-state index contributed by atoms with van der Waals surface area (Å²) in [5, 5.41) is 0. The van der Waals surface area contributed by atoms with Crippen LogP contribution in [0.3, 0.4) is 0 Å². The first-order chi connectivity index (χ1) is 5.57. The number of rotatable bonds is 4. The fourth-order valence-electron chi connectivity index (χ4n) is 0.585. The van der Waals surface area contributed by atoms with Crippen LogP contribution in [0.5, 0.6) is 0 Å². The Morgan fingerprint density at radius 1 is 1.58 bits per heavy atom. The Morgan fingerprint density at radius 3 is 2.58 bits per heavy atom. The van der Waals surface area contributed by atoms with Crippen LogP contribution in [-0.2, 0) is 9.53 Å². The van der Waals surface area contributed by atoms with Crippen molar-refractivity contribution in [2.75, 3.05) is 13.7 Å². The molecule has 6 heteroatoms. The molecule has 0 spiro atoms. The van der Waals surface area contributed by atoms with Crippen molar-refractivity contribution in [3.63, 3.8) is 0 Å². The van der Waals surface area contributed by atoms with Gasteiger partial charge in [-0.3, -0.25) is 9.10 Å². The maximum Gasteiger partial charge on any atom is 0.324 e. The van der Waals surface area contributed by atoms with Gasteiger partial charge in [0.05, 0.1) is 7.11 Å². The van der Waals surface area contributed by atoms with E-state index >= 15 is 0 Å². The van der Waals surface area contributed by atoms with Gasteiger partial charge in [-0.1, -0.05) is 12.8 Å². The zero-order valence-electron chi connectivity index (χ0n) is 6.82. The molecule has 2 N–H and O–H groups in total. The average molecular weight is 192 g/mol. The van der Waals surface area contributed by atoms with E-state index in [0.717, 1.165) is 4.31 Å². The second-order valence-electron chi connectivity index (χ2n) is 2.14. The number of nitrogens with zero attached hydrogens (tertiary/aromatic N) is 1. The summed E-state index contributed by atoms with van der Waals surface area (Å²) in [6.45, 7) is 0.341. The fraction of sp³-hybridized carbons (Fsp3) is 0.667. The van der Waals surface area contributed by atoms with Crippen molar-refractivity contribution in [1.82, 2.24) is 4.31 Å². The van der Waals surface area contributed by atoms with Crippen molar-refractivity contribution >= 4 is 24.8 Å². The Morgan fingerprint density at radius 2 is 2.17 bits per heavy atom. The molecule has 0 radical (unpaired) electrons. The zero-order chi connectivity index (χ0) is 9.56. The van der Waals surface area contributed by atoms with Crippen LogP contribution in [0.2, 0.25) is 0 Å². The predicted molar refractivity (Wildman–Crippen MR) is 46.5 cm³/mol. The van der Waals surface area contributed by atoms with E-state index in [1.807, 2.05) is 0 Å². The number of urea groups is 1. The molecule has 0 unspecified atom stereocenters. The Kier molecular flexibility index (Phi) is 5.27. The van der Waals surface area contributed by atoms with E-state index in [9.17, 15) is 9.59 Å². The van der Waals surface area contributed by atoms with E-state index < -0.39 is 6.03 Å². The zero-order valence-corrected chi connectivity index (χ0v) is 7.71. The molecule has 0 aromatic heterocycles. The van der Waals surface area contributed by atoms with Crippen LogP contribution < -0.4 is 5.73 Å². The highest BCUT2D eigenvalue weighted by Crippen LogP contribution is 1.98. The highest BCUT2D eigenvalue weighted by molar-refractivity contribution is 7.78. The van der Waals surface area contributed by atoms with Gasteiger partial charge in [-0.15, -0.1) is 0 Å². The van der Waals surface area contributed by atoms with Gasteiger partial charge < -0.3 is 10.5 Å². The van der Waals surface area contributed by atoms with Gasteiger partial charge in [0, 0.05) is 13.0 Å². The van der Waals surface area contributed by atoms with Crippen LogP contribution in [0.4, 0.5) is 4.79 Å². The number of carbonyl (C=O) groups is 2. The molecular weight excluding hydrogens is 180 g/mol. The van der Waals surface area contributed by atoms with Crippen molar-refractivity contribution in [3.05, 3.63) is 0 Å². The standard InChI is InChI=1S/C6H12N2O3S/c1-11-5(9)3-2-4-8(12)6(7)10/h12H,2-4H2,1H3,(H2,7,10). The summed E-state index contributed by atoms with van der Waals surface area (Å²) in [7, 11) is 1.31. The Labute approximate surface area is 76.4 Å². The Bertz CT molecular complexity index is 174. The van der Waals surface area contributed by atoms with Crippen molar-refractivity contribution in [3.8, 4) is 0 Å². The average Bonchev–Trinajstić information content (AvgIpc) is 2.03. The lowest BCUT2D eigenvalue weighted by Crippen LogP contribution is -2.28. The molecule has 0 rings (SSSR count). The van der Waals surface area contributed by atoms with Crippen LogP contribution in [0.1, 0.15) is 12.8 Å². The third kappa shape index (κ3) is 4.84. The number of hydrogen-bond donors (Lipinski definition) is 2. The molecule has 0 aliphatic carbocycles. The summed E-state index contributed by atoms with van der Waals surface area (Å²) in [4.78, 5) is 21.0. The molecule has 0 aliphatic rings. The lowest BCUT2D eigenvalue weighted by atomic mass is 10.3. The number of carbonyl (C=O) groups excluding carboxylic acids is 2. The van der Waals surface area contributed by atoms with Gasteiger partial charge in [0.15, 0.2) is 0 Å². The molecule has 0 saturated heterocycles. The van der Waals surface area contributed by atoms with E-state index in [1.165, 1.54) is 7.11 Å². The summed E-state index contributed by atoms with van der Waals surface area (Å²) < 4.78 is 5.44. The minimum atomic E-state index is -0.622. The van der Waals surface area contributed by atoms with E-state index in [4.69, 9.17) is 5.73 Å². The van der Waals surface area contributed by atoms with Gasteiger partial charge in [0.25, 0.3) is 0 Å². The number of esters is 1. The maximum absolute atomic E-state index is 10.6. The van der Waals surface area contributed by atoms with E-state index in [0.29, 0.717) is 13.0 Å². The first-order valence-electron chi connectivity index (χ1n) is 3.40. The molecule has 12 heavy (non-hydrogen) atoms. The quantitative estimate of drug-likeness (QED) is 0.492. The van der Waals surface area contributed by atoms with E-state index in [-0.39, 0.29) is 12.4 Å². The topological polar surface area (TPSA) is 72.6 Å². The monoisotopic (exact) mass is 192 g/mol. The summed E-state index contributed by atoms with van der Waals surface area (Å²) in [6.07, 6.45) is 0.764. The molecule has 2 amide bonds. The summed E-state index contributed by atoms with van der Waals surface area (Å²) in [5.41, 5.74) is 4.88. The van der Waals surface area contributed by atoms with Crippen molar-refractivity contribution in [2.45, 2.75) is 12.8 Å². The third-order valence-corrected chi connectivity index (χ3v) is 1.63. The second kappa shape index (κ2) is 5.70. The van der Waals surface area contributed by atoms with Gasteiger partial charge in [-0.05, 0) is 6.42 Å². The van der Waals surface area contributed by atoms with Crippen LogP contribution in [-0.4, -0.2) is 30.0 Å². The van der Waals surface area contributed by atoms with Crippen molar-refractivity contribution in [1.29, 1.82) is 0 Å². The van der Waals surface area contributed by atoms with Gasteiger partial charge >= 0.3 is 12.0 Å². The molecule has 0 aromatic rings. The SMILES string of the molecule is COC(=O)CCCN(S)C(N)=O. The molecule has 5 nitrogen and oxygen atoms in total. The number of primary amides is 1. The number of ether oxygens (including phenoxy) is 1. The molecule has 0 saturated carbocycles. The van der Waals surface area contributed by atoms with Gasteiger partial charge in [-0.25, -0.2) is 4.79 Å². The number of nitrogens with two attached hydrogens (primary N) is 1. The fourth-order valence-corrected chi connectivity index (χ4v) is 0.727. The summed E-state index contributed by atoms with van der Waals surface area (Å²) in [6, 6.07) is -0.622. The van der Waals surface area contributed by atoms with Crippen molar-refractivity contribution in [2.24, 2.45) is 5.73 Å². The van der Waals surface area contributed by atoms with Crippen molar-refractivity contribution < 1.29 is 14.3 Å². The molecule has 0 aromatic carbocycles. The minimum Gasteiger partial charge on any atom is -0.469 e.